The minimum absolute atomic E-state index is 0.0926. The monoisotopic (exact) mass is 469 g/mol. The van der Waals surface area contributed by atoms with Crippen molar-refractivity contribution in [3.05, 3.63) is 76.9 Å². The van der Waals surface area contributed by atoms with E-state index in [4.69, 9.17) is 9.15 Å². The van der Waals surface area contributed by atoms with E-state index in [1.165, 1.54) is 17.0 Å². The number of nitrogens with one attached hydrogen (secondary N) is 1. The molecule has 4 rings (SSSR count). The molecule has 8 heteroatoms. The van der Waals surface area contributed by atoms with E-state index in [1.54, 1.807) is 31.3 Å². The Bertz CT molecular complexity index is 1350. The summed E-state index contributed by atoms with van der Waals surface area (Å²) in [5, 5.41) is 2.60. The molecule has 2 heterocycles. The van der Waals surface area contributed by atoms with Crippen LogP contribution in [0.4, 0.5) is 0 Å². The predicted molar refractivity (Wildman–Crippen MR) is 126 cm³/mol. The molecule has 0 radical (unpaired) electrons. The van der Waals surface area contributed by atoms with Crippen LogP contribution in [-0.4, -0.2) is 27.5 Å². The second-order valence-corrected chi connectivity index (χ2v) is 9.97. The molecule has 32 heavy (non-hydrogen) atoms. The van der Waals surface area contributed by atoms with Gasteiger partial charge >= 0.3 is 5.97 Å². The smallest absolute Gasteiger partial charge is 0.374 e. The van der Waals surface area contributed by atoms with Gasteiger partial charge in [-0.3, -0.25) is 0 Å². The number of hydrogen-bond donors (Lipinski definition) is 1. The van der Waals surface area contributed by atoms with E-state index in [0.717, 1.165) is 11.1 Å². The molecule has 6 nitrogen and oxygen atoms in total. The number of thiophene rings is 1. The number of esters is 1. The number of carbonyl (C=O) groups is 1. The molecule has 0 fully saturated rings. The Morgan fingerprint density at radius 1 is 1.12 bits per heavy atom. The lowest BCUT2D eigenvalue weighted by Gasteiger charge is -2.08. The normalized spacial score (nSPS) is 11.7. The Morgan fingerprint density at radius 2 is 1.97 bits per heavy atom. The first-order valence-electron chi connectivity index (χ1n) is 10.2. The topological polar surface area (TPSA) is 85.6 Å². The Morgan fingerprint density at radius 3 is 2.72 bits per heavy atom. The predicted octanol–water partition coefficient (Wildman–Crippen LogP) is 5.17. The fourth-order valence-corrected chi connectivity index (χ4v) is 5.28. The van der Waals surface area contributed by atoms with E-state index in [-0.39, 0.29) is 23.8 Å². The molecular weight excluding hydrogens is 446 g/mol. The molecule has 0 aliphatic rings. The van der Waals surface area contributed by atoms with Gasteiger partial charge in [0.2, 0.25) is 15.8 Å². The van der Waals surface area contributed by atoms with E-state index in [9.17, 15) is 13.2 Å². The van der Waals surface area contributed by atoms with Gasteiger partial charge < -0.3 is 9.15 Å². The highest BCUT2D eigenvalue weighted by Crippen LogP contribution is 2.28. The van der Waals surface area contributed by atoms with Crippen LogP contribution < -0.4 is 4.72 Å². The molecule has 2 aromatic heterocycles. The van der Waals surface area contributed by atoms with E-state index in [2.05, 4.69) is 16.9 Å². The molecule has 0 atom stereocenters. The summed E-state index contributed by atoms with van der Waals surface area (Å²) in [6, 6.07) is 16.7. The number of carbonyl (C=O) groups excluding carboxylic acids is 1. The highest BCUT2D eigenvalue weighted by atomic mass is 32.2. The summed E-state index contributed by atoms with van der Waals surface area (Å²) in [5.41, 5.74) is 3.17. The minimum Gasteiger partial charge on any atom is -0.460 e. The summed E-state index contributed by atoms with van der Waals surface area (Å²) in [5.74, 6) is -0.469. The molecule has 2 aromatic carbocycles. The van der Waals surface area contributed by atoms with Crippen molar-refractivity contribution in [2.75, 3.05) is 13.2 Å². The van der Waals surface area contributed by atoms with Gasteiger partial charge in [-0.15, -0.1) is 11.3 Å². The third-order valence-corrected chi connectivity index (χ3v) is 7.49. The highest BCUT2D eigenvalue weighted by Gasteiger charge is 2.21. The quantitative estimate of drug-likeness (QED) is 0.360. The SMILES string of the molecule is CCOC(=O)c1oc2ccc(S(=O)(=O)NCCc3cccc(-c4cccs4)c3)cc2c1C. The van der Waals surface area contributed by atoms with Gasteiger partial charge in [0.1, 0.15) is 5.58 Å². The molecular formula is C24H23NO5S2. The molecule has 0 amide bonds. The second kappa shape index (κ2) is 9.28. The zero-order valence-electron chi connectivity index (χ0n) is 17.8. The maximum Gasteiger partial charge on any atom is 0.374 e. The first-order valence-corrected chi connectivity index (χ1v) is 12.6. The van der Waals surface area contributed by atoms with Crippen LogP contribution in [0.5, 0.6) is 0 Å². The van der Waals surface area contributed by atoms with Crippen LogP contribution in [0.1, 0.15) is 28.6 Å². The van der Waals surface area contributed by atoms with Crippen LogP contribution in [0.3, 0.4) is 0 Å². The summed E-state index contributed by atoms with van der Waals surface area (Å²) >= 11 is 1.67. The second-order valence-electron chi connectivity index (χ2n) is 7.26. The van der Waals surface area contributed by atoms with Crippen molar-refractivity contribution in [1.29, 1.82) is 0 Å². The fraction of sp³-hybridized carbons (Fsp3) is 0.208. The zero-order valence-corrected chi connectivity index (χ0v) is 19.4. The molecule has 0 saturated carbocycles. The Balaban J connectivity index is 1.48. The Kier molecular flexibility index (Phi) is 6.45. The number of sulfonamides is 1. The van der Waals surface area contributed by atoms with E-state index < -0.39 is 16.0 Å². The van der Waals surface area contributed by atoms with Gasteiger partial charge in [0.25, 0.3) is 0 Å². The Hall–Kier alpha value is -2.94. The average Bonchev–Trinajstić information content (AvgIpc) is 3.42. The first-order chi connectivity index (χ1) is 15.4. The van der Waals surface area contributed by atoms with Gasteiger partial charge in [0, 0.05) is 22.4 Å². The van der Waals surface area contributed by atoms with Crippen molar-refractivity contribution < 1.29 is 22.4 Å². The number of furan rings is 1. The standard InChI is InChI=1S/C24H23NO5S2/c1-3-29-24(26)23-16(2)20-15-19(9-10-21(20)30-23)32(27,28)25-12-11-17-6-4-7-18(14-17)22-8-5-13-31-22/h4-10,13-15,25H,3,11-12H2,1-2H3. The summed E-state index contributed by atoms with van der Waals surface area (Å²) < 4.78 is 38.9. The van der Waals surface area contributed by atoms with Crippen LogP contribution in [0.15, 0.2) is 69.3 Å². The first kappa shape index (κ1) is 22.3. The van der Waals surface area contributed by atoms with Crippen LogP contribution in [-0.2, 0) is 21.2 Å². The molecule has 166 valence electrons. The third-order valence-electron chi connectivity index (χ3n) is 5.12. The van der Waals surface area contributed by atoms with E-state index >= 15 is 0 Å². The number of aryl methyl sites for hydroxylation is 1. The molecule has 1 N–H and O–H groups in total. The van der Waals surface area contributed by atoms with Crippen molar-refractivity contribution in [2.45, 2.75) is 25.2 Å². The maximum absolute atomic E-state index is 12.8. The molecule has 0 aliphatic carbocycles. The van der Waals surface area contributed by atoms with Gasteiger partial charge in [0.05, 0.1) is 11.5 Å². The summed E-state index contributed by atoms with van der Waals surface area (Å²) in [4.78, 5) is 13.3. The van der Waals surface area contributed by atoms with Crippen LogP contribution in [0.2, 0.25) is 0 Å². The van der Waals surface area contributed by atoms with E-state index in [0.29, 0.717) is 23.0 Å². The molecule has 0 unspecified atom stereocenters. The lowest BCUT2D eigenvalue weighted by atomic mass is 10.1. The summed E-state index contributed by atoms with van der Waals surface area (Å²) in [6.07, 6.45) is 0.568. The van der Waals surface area contributed by atoms with Crippen molar-refractivity contribution >= 4 is 38.3 Å². The molecule has 0 saturated heterocycles. The van der Waals surface area contributed by atoms with Gasteiger partial charge in [-0.25, -0.2) is 17.9 Å². The molecule has 4 aromatic rings. The third kappa shape index (κ3) is 4.62. The van der Waals surface area contributed by atoms with Crippen molar-refractivity contribution in [1.82, 2.24) is 4.72 Å². The van der Waals surface area contributed by atoms with Crippen molar-refractivity contribution in [3.8, 4) is 10.4 Å². The largest absolute Gasteiger partial charge is 0.460 e. The van der Waals surface area contributed by atoms with Crippen molar-refractivity contribution in [2.24, 2.45) is 0 Å². The van der Waals surface area contributed by atoms with Crippen LogP contribution >= 0.6 is 11.3 Å². The van der Waals surface area contributed by atoms with Gasteiger partial charge in [-0.1, -0.05) is 30.3 Å². The maximum atomic E-state index is 12.8. The summed E-state index contributed by atoms with van der Waals surface area (Å²) in [7, 11) is -3.72. The average molecular weight is 470 g/mol. The number of benzene rings is 2. The van der Waals surface area contributed by atoms with Gasteiger partial charge in [0.15, 0.2) is 0 Å². The summed E-state index contributed by atoms with van der Waals surface area (Å²) in [6.45, 7) is 3.93. The van der Waals surface area contributed by atoms with Crippen LogP contribution in [0.25, 0.3) is 21.4 Å². The number of rotatable bonds is 8. The number of hydrogen-bond acceptors (Lipinski definition) is 6. The van der Waals surface area contributed by atoms with Gasteiger partial charge in [-0.05, 0) is 61.0 Å². The van der Waals surface area contributed by atoms with E-state index in [1.807, 2.05) is 29.6 Å². The fourth-order valence-electron chi connectivity index (χ4n) is 3.49. The molecule has 0 aliphatic heterocycles. The zero-order chi connectivity index (χ0) is 22.7. The Labute approximate surface area is 190 Å². The minimum atomic E-state index is -3.72. The molecule has 0 bridgehead atoms. The number of fused-ring (bicyclic) bond motifs is 1. The lowest BCUT2D eigenvalue weighted by molar-refractivity contribution is 0.0491. The lowest BCUT2D eigenvalue weighted by Crippen LogP contribution is -2.26. The molecule has 0 spiro atoms. The van der Waals surface area contributed by atoms with Crippen LogP contribution in [0, 0.1) is 6.92 Å². The van der Waals surface area contributed by atoms with Gasteiger partial charge in [-0.2, -0.15) is 0 Å². The van der Waals surface area contributed by atoms with Crippen molar-refractivity contribution in [3.63, 3.8) is 0 Å². The number of ether oxygens (including phenoxy) is 1. The highest BCUT2D eigenvalue weighted by molar-refractivity contribution is 7.89.